The molecule has 3 aromatic rings. The third-order valence-corrected chi connectivity index (χ3v) is 4.87. The van der Waals surface area contributed by atoms with Crippen LogP contribution < -0.4 is 4.74 Å². The minimum atomic E-state index is 0.0613. The van der Waals surface area contributed by atoms with Gasteiger partial charge in [0.25, 0.3) is 0 Å². The minimum absolute atomic E-state index is 0.0613. The van der Waals surface area contributed by atoms with Crippen molar-refractivity contribution < 1.29 is 9.53 Å². The van der Waals surface area contributed by atoms with Crippen molar-refractivity contribution in [2.45, 2.75) is 12.8 Å². The third kappa shape index (κ3) is 2.05. The number of rotatable bonds is 2. The van der Waals surface area contributed by atoms with E-state index in [1.807, 2.05) is 41.8 Å². The molecule has 2 heterocycles. The van der Waals surface area contributed by atoms with E-state index >= 15 is 0 Å². The van der Waals surface area contributed by atoms with E-state index < -0.39 is 0 Å². The van der Waals surface area contributed by atoms with Gasteiger partial charge >= 0.3 is 0 Å². The number of ether oxygens (including phenoxy) is 1. The van der Waals surface area contributed by atoms with Crippen molar-refractivity contribution >= 4 is 27.2 Å². The Morgan fingerprint density at radius 2 is 1.95 bits per heavy atom. The fourth-order valence-corrected chi connectivity index (χ4v) is 3.81. The van der Waals surface area contributed by atoms with Crippen LogP contribution >= 0.6 is 11.3 Å². The number of para-hydroxylation sites is 1. The molecule has 0 fully saturated rings. The number of hydrogen-bond acceptors (Lipinski definition) is 3. The molecule has 21 heavy (non-hydrogen) atoms. The molecule has 1 aliphatic heterocycles. The summed E-state index contributed by atoms with van der Waals surface area (Å²) in [5.74, 6) is 0.843. The second-order valence-electron chi connectivity index (χ2n) is 5.22. The number of ketones is 1. The lowest BCUT2D eigenvalue weighted by atomic mass is 9.96. The Labute approximate surface area is 127 Å². The number of benzene rings is 2. The molecule has 0 saturated heterocycles. The van der Waals surface area contributed by atoms with Gasteiger partial charge in [-0.25, -0.2) is 0 Å². The number of aryl methyl sites for hydroxylation is 1. The molecular weight excluding hydrogens is 280 g/mol. The first-order valence-corrected chi connectivity index (χ1v) is 7.98. The number of thiophene rings is 1. The molecule has 3 heteroatoms. The van der Waals surface area contributed by atoms with E-state index in [4.69, 9.17) is 4.74 Å². The zero-order valence-corrected chi connectivity index (χ0v) is 12.3. The van der Waals surface area contributed by atoms with Crippen molar-refractivity contribution in [3.05, 3.63) is 64.5 Å². The summed E-state index contributed by atoms with van der Waals surface area (Å²) in [4.78, 5) is 12.9. The van der Waals surface area contributed by atoms with Crippen molar-refractivity contribution in [1.82, 2.24) is 0 Å². The fourth-order valence-electron chi connectivity index (χ4n) is 2.87. The van der Waals surface area contributed by atoms with Gasteiger partial charge in [-0.05, 0) is 30.5 Å². The lowest BCUT2D eigenvalue weighted by Crippen LogP contribution is -2.13. The van der Waals surface area contributed by atoms with Gasteiger partial charge < -0.3 is 4.74 Å². The maximum absolute atomic E-state index is 12.9. The predicted molar refractivity (Wildman–Crippen MR) is 85.5 cm³/mol. The lowest BCUT2D eigenvalue weighted by molar-refractivity contribution is 0.103. The molecule has 0 aliphatic carbocycles. The molecule has 0 saturated carbocycles. The van der Waals surface area contributed by atoms with Gasteiger partial charge in [0.05, 0.1) is 12.2 Å². The van der Waals surface area contributed by atoms with Crippen LogP contribution in [0.15, 0.2) is 47.8 Å². The van der Waals surface area contributed by atoms with Crippen molar-refractivity contribution in [1.29, 1.82) is 0 Å². The highest BCUT2D eigenvalue weighted by molar-refractivity contribution is 7.17. The van der Waals surface area contributed by atoms with Crippen LogP contribution in [0.2, 0.25) is 0 Å². The van der Waals surface area contributed by atoms with E-state index in [9.17, 15) is 4.79 Å². The van der Waals surface area contributed by atoms with Crippen LogP contribution in [0.4, 0.5) is 0 Å². The molecule has 1 aliphatic rings. The summed E-state index contributed by atoms with van der Waals surface area (Å²) in [6.45, 7) is 0.696. The van der Waals surface area contributed by atoms with Crippen molar-refractivity contribution in [3.63, 3.8) is 0 Å². The first kappa shape index (κ1) is 12.6. The van der Waals surface area contributed by atoms with E-state index in [-0.39, 0.29) is 5.78 Å². The molecule has 0 radical (unpaired) electrons. The number of hydrogen-bond donors (Lipinski definition) is 0. The van der Waals surface area contributed by atoms with E-state index in [0.29, 0.717) is 12.2 Å². The molecule has 0 unspecified atom stereocenters. The summed E-state index contributed by atoms with van der Waals surface area (Å²) in [5, 5.41) is 2.98. The summed E-state index contributed by atoms with van der Waals surface area (Å²) in [7, 11) is 0. The van der Waals surface area contributed by atoms with Gasteiger partial charge in [-0.15, -0.1) is 11.3 Å². The molecular formula is C18H14O2S. The van der Waals surface area contributed by atoms with E-state index in [1.165, 1.54) is 0 Å². The van der Waals surface area contributed by atoms with Gasteiger partial charge in [0, 0.05) is 21.0 Å². The highest BCUT2D eigenvalue weighted by atomic mass is 32.1. The van der Waals surface area contributed by atoms with Gasteiger partial charge in [-0.2, -0.15) is 0 Å². The quantitative estimate of drug-likeness (QED) is 0.652. The smallest absolute Gasteiger partial charge is 0.198 e. The molecule has 4 rings (SSSR count). The molecule has 2 aromatic carbocycles. The van der Waals surface area contributed by atoms with E-state index in [2.05, 4.69) is 6.07 Å². The lowest BCUT2D eigenvalue weighted by Gasteiger charge is -2.19. The topological polar surface area (TPSA) is 26.3 Å². The summed E-state index contributed by atoms with van der Waals surface area (Å²) in [6, 6.07) is 13.9. The zero-order valence-electron chi connectivity index (χ0n) is 11.5. The van der Waals surface area contributed by atoms with Gasteiger partial charge in [-0.3, -0.25) is 4.79 Å². The Morgan fingerprint density at radius 1 is 1.05 bits per heavy atom. The Kier molecular flexibility index (Phi) is 3.00. The van der Waals surface area contributed by atoms with Crippen LogP contribution in [0.1, 0.15) is 27.9 Å². The molecule has 2 nitrogen and oxygen atoms in total. The number of fused-ring (bicyclic) bond motifs is 2. The van der Waals surface area contributed by atoms with Gasteiger partial charge in [0.15, 0.2) is 5.78 Å². The average molecular weight is 294 g/mol. The van der Waals surface area contributed by atoms with Gasteiger partial charge in [0.1, 0.15) is 5.75 Å². The van der Waals surface area contributed by atoms with Crippen LogP contribution in [0.5, 0.6) is 5.75 Å². The third-order valence-electron chi connectivity index (χ3n) is 3.90. The molecule has 1 aromatic heterocycles. The molecule has 0 amide bonds. The van der Waals surface area contributed by atoms with Crippen LogP contribution in [-0.4, -0.2) is 12.4 Å². The van der Waals surface area contributed by atoms with Gasteiger partial charge in [-0.1, -0.05) is 30.3 Å². The van der Waals surface area contributed by atoms with Crippen LogP contribution in [0.25, 0.3) is 10.1 Å². The summed E-state index contributed by atoms with van der Waals surface area (Å²) < 4.78 is 6.91. The maximum atomic E-state index is 12.9. The van der Waals surface area contributed by atoms with E-state index in [1.54, 1.807) is 11.3 Å². The number of carbonyl (C=O) groups excluding carboxylic acids is 1. The highest BCUT2D eigenvalue weighted by Gasteiger charge is 2.22. The van der Waals surface area contributed by atoms with Crippen molar-refractivity contribution in [3.8, 4) is 5.75 Å². The standard InChI is InChI=1S/C18H14O2S/c19-17(15-11-21-16-9-2-1-7-13(15)16)14-8-3-5-12-6-4-10-20-18(12)14/h1-3,5,7-9,11H,4,6,10H2. The molecule has 0 atom stereocenters. The van der Waals surface area contributed by atoms with Crippen molar-refractivity contribution in [2.24, 2.45) is 0 Å². The minimum Gasteiger partial charge on any atom is -0.493 e. The predicted octanol–water partition coefficient (Wildman–Crippen LogP) is 4.46. The Bertz CT molecular complexity index is 832. The zero-order chi connectivity index (χ0) is 14.2. The Hall–Kier alpha value is -2.13. The normalized spacial score (nSPS) is 13.7. The second-order valence-corrected chi connectivity index (χ2v) is 6.13. The monoisotopic (exact) mass is 294 g/mol. The maximum Gasteiger partial charge on any atom is 0.198 e. The fraction of sp³-hybridized carbons (Fsp3) is 0.167. The largest absolute Gasteiger partial charge is 0.493 e. The molecule has 0 N–H and O–H groups in total. The highest BCUT2D eigenvalue weighted by Crippen LogP contribution is 2.33. The van der Waals surface area contributed by atoms with Crippen LogP contribution in [0.3, 0.4) is 0 Å². The Balaban J connectivity index is 1.85. The van der Waals surface area contributed by atoms with Crippen LogP contribution in [0, 0.1) is 0 Å². The van der Waals surface area contributed by atoms with E-state index in [0.717, 1.165) is 39.8 Å². The molecule has 0 spiro atoms. The van der Waals surface area contributed by atoms with Crippen molar-refractivity contribution in [2.75, 3.05) is 6.61 Å². The molecule has 104 valence electrons. The summed E-state index contributed by atoms with van der Waals surface area (Å²) in [5.41, 5.74) is 2.61. The Morgan fingerprint density at radius 3 is 2.90 bits per heavy atom. The average Bonchev–Trinajstić information content (AvgIpc) is 2.98. The summed E-state index contributed by atoms with van der Waals surface area (Å²) >= 11 is 1.61. The summed E-state index contributed by atoms with van der Waals surface area (Å²) in [6.07, 6.45) is 2.01. The first-order valence-electron chi connectivity index (χ1n) is 7.10. The second kappa shape index (κ2) is 5.01. The SMILES string of the molecule is O=C(c1cccc2c1OCCC2)c1csc2ccccc12. The molecule has 0 bridgehead atoms. The van der Waals surface area contributed by atoms with Gasteiger partial charge in [0.2, 0.25) is 0 Å². The number of carbonyl (C=O) groups is 1. The van der Waals surface area contributed by atoms with Crippen LogP contribution in [-0.2, 0) is 6.42 Å². The first-order chi connectivity index (χ1) is 10.3.